The largest absolute Gasteiger partial charge is 0.491 e. The summed E-state index contributed by atoms with van der Waals surface area (Å²) in [7, 11) is 1.72. The van der Waals surface area contributed by atoms with Gasteiger partial charge < -0.3 is 20.5 Å². The van der Waals surface area contributed by atoms with Crippen molar-refractivity contribution in [1.29, 1.82) is 0 Å². The van der Waals surface area contributed by atoms with Gasteiger partial charge in [-0.15, -0.1) is 0 Å². The van der Waals surface area contributed by atoms with Crippen molar-refractivity contribution in [2.24, 2.45) is 10.7 Å². The molecule has 1 aliphatic heterocycles. The first-order chi connectivity index (χ1) is 17.9. The van der Waals surface area contributed by atoms with Gasteiger partial charge in [-0.05, 0) is 50.2 Å². The van der Waals surface area contributed by atoms with Gasteiger partial charge in [-0.1, -0.05) is 24.9 Å². The molecular weight excluding hydrogens is 490 g/mol. The Morgan fingerprint density at radius 3 is 2.84 bits per heavy atom. The van der Waals surface area contributed by atoms with E-state index in [1.165, 1.54) is 6.20 Å². The van der Waals surface area contributed by atoms with Gasteiger partial charge in [0.1, 0.15) is 24.5 Å². The summed E-state index contributed by atoms with van der Waals surface area (Å²) in [6, 6.07) is 5.33. The summed E-state index contributed by atoms with van der Waals surface area (Å²) in [4.78, 5) is 25.1. The van der Waals surface area contributed by atoms with Crippen LogP contribution in [0.4, 0.5) is 5.82 Å². The number of hydrogen-bond donors (Lipinski definition) is 2. The average molecular weight is 522 g/mol. The quantitative estimate of drug-likeness (QED) is 0.401. The van der Waals surface area contributed by atoms with Gasteiger partial charge in [0.15, 0.2) is 5.82 Å². The third-order valence-electron chi connectivity index (χ3n) is 6.32. The molecule has 1 aliphatic rings. The lowest BCUT2D eigenvalue weighted by atomic mass is 10.0. The van der Waals surface area contributed by atoms with Crippen molar-refractivity contribution in [3.8, 4) is 17.1 Å². The number of fused-ring (bicyclic) bond motifs is 1. The number of aliphatic hydroxyl groups is 1. The van der Waals surface area contributed by atoms with E-state index >= 15 is 0 Å². The molecule has 0 spiro atoms. The van der Waals surface area contributed by atoms with Crippen LogP contribution in [0, 0.1) is 6.92 Å². The van der Waals surface area contributed by atoms with Crippen molar-refractivity contribution >= 4 is 23.1 Å². The van der Waals surface area contributed by atoms with Crippen LogP contribution in [-0.2, 0) is 13.1 Å². The normalized spacial score (nSPS) is 14.6. The van der Waals surface area contributed by atoms with E-state index in [1.54, 1.807) is 31.6 Å². The van der Waals surface area contributed by atoms with Gasteiger partial charge in [-0.2, -0.15) is 0 Å². The molecule has 9 nitrogen and oxygen atoms in total. The molecule has 4 rings (SSSR count). The van der Waals surface area contributed by atoms with Crippen LogP contribution < -0.4 is 15.4 Å². The first-order valence-corrected chi connectivity index (χ1v) is 12.6. The number of hydrogen-bond acceptors (Lipinski definition) is 9. The number of nitrogens with two attached hydrogens (primary N) is 1. The van der Waals surface area contributed by atoms with Crippen LogP contribution in [0.5, 0.6) is 5.75 Å². The topological polar surface area (TPSA) is 123 Å². The van der Waals surface area contributed by atoms with Crippen LogP contribution in [0.3, 0.4) is 0 Å². The molecule has 0 aliphatic carbocycles. The van der Waals surface area contributed by atoms with Crippen LogP contribution >= 0.6 is 11.6 Å². The Morgan fingerprint density at radius 1 is 1.32 bits per heavy atom. The maximum Gasteiger partial charge on any atom is 0.163 e. The van der Waals surface area contributed by atoms with Gasteiger partial charge in [0.25, 0.3) is 0 Å². The lowest BCUT2D eigenvalue weighted by Crippen LogP contribution is -2.21. The second-order valence-corrected chi connectivity index (χ2v) is 9.42. The minimum absolute atomic E-state index is 0.195. The molecule has 2 aromatic heterocycles. The van der Waals surface area contributed by atoms with Crippen molar-refractivity contribution in [1.82, 2.24) is 19.9 Å². The van der Waals surface area contributed by atoms with E-state index in [4.69, 9.17) is 32.0 Å². The third-order valence-corrected chi connectivity index (χ3v) is 6.65. The van der Waals surface area contributed by atoms with Gasteiger partial charge in [0, 0.05) is 36.5 Å². The molecule has 3 N–H and O–H groups in total. The number of allylic oxidation sites excluding steroid dienone is 1. The van der Waals surface area contributed by atoms with E-state index in [-0.39, 0.29) is 6.61 Å². The Bertz CT molecular complexity index is 1320. The first kappa shape index (κ1) is 26.5. The monoisotopic (exact) mass is 521 g/mol. The fourth-order valence-electron chi connectivity index (χ4n) is 4.34. The number of rotatable bonds is 9. The minimum atomic E-state index is -0.535. The Hall–Kier alpha value is -3.56. The number of aromatic nitrogens is 4. The second-order valence-electron chi connectivity index (χ2n) is 9.01. The second kappa shape index (κ2) is 11.7. The maximum absolute atomic E-state index is 10.1. The number of anilines is 1. The molecular formula is C27H32ClN7O2. The van der Waals surface area contributed by atoms with E-state index in [2.05, 4.69) is 19.9 Å². The Kier molecular flexibility index (Phi) is 8.35. The Labute approximate surface area is 222 Å². The molecule has 0 saturated heterocycles. The highest BCUT2D eigenvalue weighted by atomic mass is 35.5. The summed E-state index contributed by atoms with van der Waals surface area (Å²) in [5.74, 6) is 1.77. The fraction of sp³-hybridized carbons (Fsp3) is 0.370. The van der Waals surface area contributed by atoms with Crippen LogP contribution in [-0.4, -0.2) is 50.5 Å². The van der Waals surface area contributed by atoms with Crippen molar-refractivity contribution in [3.05, 3.63) is 70.0 Å². The molecule has 1 aromatic carbocycles. The molecule has 3 aromatic rings. The summed E-state index contributed by atoms with van der Waals surface area (Å²) >= 11 is 6.65. The Balaban J connectivity index is 1.81. The van der Waals surface area contributed by atoms with Crippen molar-refractivity contribution < 1.29 is 9.84 Å². The molecule has 10 heteroatoms. The highest BCUT2D eigenvalue weighted by Crippen LogP contribution is 2.35. The summed E-state index contributed by atoms with van der Waals surface area (Å²) in [6.07, 6.45) is 5.94. The van der Waals surface area contributed by atoms with Crippen LogP contribution in [0.25, 0.3) is 11.4 Å². The number of halogens is 1. The maximum atomic E-state index is 10.1. The first-order valence-electron chi connectivity index (χ1n) is 12.2. The van der Waals surface area contributed by atoms with Crippen molar-refractivity contribution in [2.45, 2.75) is 52.8 Å². The van der Waals surface area contributed by atoms with E-state index in [1.807, 2.05) is 27.0 Å². The lowest BCUT2D eigenvalue weighted by Gasteiger charge is -2.22. The van der Waals surface area contributed by atoms with Gasteiger partial charge >= 0.3 is 0 Å². The van der Waals surface area contributed by atoms with E-state index in [0.29, 0.717) is 53.1 Å². The summed E-state index contributed by atoms with van der Waals surface area (Å²) in [5.41, 5.74) is 11.5. The predicted molar refractivity (Wildman–Crippen MR) is 146 cm³/mol. The molecule has 0 radical (unpaired) electrons. The highest BCUT2D eigenvalue weighted by molar-refractivity contribution is 6.33. The number of ether oxygens (including phenoxy) is 1. The fourth-order valence-corrected chi connectivity index (χ4v) is 4.54. The van der Waals surface area contributed by atoms with E-state index in [0.717, 1.165) is 34.6 Å². The van der Waals surface area contributed by atoms with Gasteiger partial charge in [-0.25, -0.2) is 19.9 Å². The van der Waals surface area contributed by atoms with Gasteiger partial charge in [-0.3, -0.25) is 4.99 Å². The standard InChI is InChI=1S/C27H32ClN7O2/c1-5-6-19(36)14-37-20-7-8-22(28)21(9-20)26-33-25(24(30-4)16(2)10-29)17(3)27(34-26)35-12-18-11-31-15-32-23(18)13-35/h7-11,15,19,36H,5-6,12-14,29H2,1-4H3/t19-/m1/s1. The van der Waals surface area contributed by atoms with E-state index in [9.17, 15) is 5.11 Å². The molecule has 37 heavy (non-hydrogen) atoms. The van der Waals surface area contributed by atoms with Crippen LogP contribution in [0.1, 0.15) is 49.2 Å². The molecule has 194 valence electrons. The smallest absolute Gasteiger partial charge is 0.163 e. The Morgan fingerprint density at radius 2 is 2.14 bits per heavy atom. The highest BCUT2D eigenvalue weighted by Gasteiger charge is 2.27. The van der Waals surface area contributed by atoms with Crippen LogP contribution in [0.15, 0.2) is 47.5 Å². The summed E-state index contributed by atoms with van der Waals surface area (Å²) in [5, 5.41) is 10.6. The van der Waals surface area contributed by atoms with Crippen LogP contribution in [0.2, 0.25) is 5.02 Å². The van der Waals surface area contributed by atoms with Gasteiger partial charge in [0.2, 0.25) is 0 Å². The van der Waals surface area contributed by atoms with E-state index < -0.39 is 6.10 Å². The average Bonchev–Trinajstić information content (AvgIpc) is 3.33. The third kappa shape index (κ3) is 5.73. The molecule has 0 unspecified atom stereocenters. The molecule has 0 saturated carbocycles. The van der Waals surface area contributed by atoms with Crippen molar-refractivity contribution in [3.63, 3.8) is 0 Å². The SMILES string of the molecule is CCC[C@@H](O)COc1ccc(Cl)c(-c2nc(C(=NC)C(C)=CN)c(C)c(N3Cc4cncnc4C3)n2)c1. The number of aliphatic imine (C=N–C) groups is 1. The predicted octanol–water partition coefficient (Wildman–Crippen LogP) is 4.24. The summed E-state index contributed by atoms with van der Waals surface area (Å²) < 4.78 is 5.85. The number of nitrogens with zero attached hydrogens (tertiary/aromatic N) is 6. The zero-order valence-corrected chi connectivity index (χ0v) is 22.3. The lowest BCUT2D eigenvalue weighted by molar-refractivity contribution is 0.0994. The molecule has 0 amide bonds. The zero-order chi connectivity index (χ0) is 26.5. The molecule has 3 heterocycles. The molecule has 1 atom stereocenters. The summed E-state index contributed by atoms with van der Waals surface area (Å²) in [6.45, 7) is 7.32. The zero-order valence-electron chi connectivity index (χ0n) is 21.6. The molecule has 0 fully saturated rings. The number of aliphatic hydroxyl groups excluding tert-OH is 1. The number of benzene rings is 1. The van der Waals surface area contributed by atoms with Crippen molar-refractivity contribution in [2.75, 3.05) is 18.6 Å². The minimum Gasteiger partial charge on any atom is -0.491 e. The molecule has 0 bridgehead atoms. The van der Waals surface area contributed by atoms with Gasteiger partial charge in [0.05, 0.1) is 34.8 Å².